The van der Waals surface area contributed by atoms with Crippen LogP contribution in [0.2, 0.25) is 0 Å². The van der Waals surface area contributed by atoms with E-state index in [2.05, 4.69) is 27.6 Å². The van der Waals surface area contributed by atoms with E-state index in [0.717, 1.165) is 3.57 Å². The van der Waals surface area contributed by atoms with E-state index < -0.39 is 5.95 Å². The van der Waals surface area contributed by atoms with Gasteiger partial charge in [0.25, 0.3) is 0 Å². The second-order valence-corrected chi connectivity index (χ2v) is 3.55. The van der Waals surface area contributed by atoms with Crippen LogP contribution in [-0.4, -0.2) is 16.7 Å². The third-order valence-corrected chi connectivity index (χ3v) is 2.54. The van der Waals surface area contributed by atoms with Gasteiger partial charge < -0.3 is 5.11 Å². The molecule has 1 heterocycles. The molecule has 0 aromatic carbocycles. The monoisotopic (exact) mass is 281 g/mol. The van der Waals surface area contributed by atoms with Gasteiger partial charge in [0, 0.05) is 21.9 Å². The van der Waals surface area contributed by atoms with Gasteiger partial charge in [0.05, 0.1) is 0 Å². The fraction of sp³-hybridized carbons (Fsp3) is 0.375. The molecule has 1 rings (SSSR count). The SMILES string of the molecule is OCCCc1c(I)ccnc1F. The van der Waals surface area contributed by atoms with Crippen molar-refractivity contribution in [2.24, 2.45) is 0 Å². The van der Waals surface area contributed by atoms with Crippen molar-refractivity contribution in [2.45, 2.75) is 12.8 Å². The smallest absolute Gasteiger partial charge is 0.217 e. The quantitative estimate of drug-likeness (QED) is 0.676. The number of rotatable bonds is 3. The van der Waals surface area contributed by atoms with Crippen molar-refractivity contribution in [1.29, 1.82) is 0 Å². The number of nitrogens with zero attached hydrogens (tertiary/aromatic N) is 1. The van der Waals surface area contributed by atoms with E-state index in [1.165, 1.54) is 6.20 Å². The van der Waals surface area contributed by atoms with Crippen molar-refractivity contribution >= 4 is 22.6 Å². The zero-order valence-electron chi connectivity index (χ0n) is 6.43. The highest BCUT2D eigenvalue weighted by atomic mass is 127. The molecule has 0 unspecified atom stereocenters. The highest BCUT2D eigenvalue weighted by molar-refractivity contribution is 14.1. The second-order valence-electron chi connectivity index (χ2n) is 2.39. The number of aliphatic hydroxyl groups is 1. The summed E-state index contributed by atoms with van der Waals surface area (Å²) in [5.41, 5.74) is 0.604. The van der Waals surface area contributed by atoms with Gasteiger partial charge in [-0.2, -0.15) is 4.39 Å². The number of aliphatic hydroxyl groups excluding tert-OH is 1. The van der Waals surface area contributed by atoms with Crippen molar-refractivity contribution < 1.29 is 9.50 Å². The van der Waals surface area contributed by atoms with Crippen LogP contribution in [0.25, 0.3) is 0 Å². The molecule has 0 radical (unpaired) electrons. The molecular weight excluding hydrogens is 272 g/mol. The van der Waals surface area contributed by atoms with Gasteiger partial charge in [-0.25, -0.2) is 4.98 Å². The maximum Gasteiger partial charge on any atom is 0.217 e. The molecule has 0 saturated heterocycles. The Kier molecular flexibility index (Phi) is 3.87. The number of hydrogen-bond acceptors (Lipinski definition) is 2. The molecule has 0 fully saturated rings. The van der Waals surface area contributed by atoms with E-state index in [4.69, 9.17) is 5.11 Å². The number of pyridine rings is 1. The van der Waals surface area contributed by atoms with Crippen LogP contribution in [0.15, 0.2) is 12.3 Å². The van der Waals surface area contributed by atoms with E-state index in [9.17, 15) is 4.39 Å². The summed E-state index contributed by atoms with van der Waals surface area (Å²) in [6.45, 7) is 0.0877. The molecule has 66 valence electrons. The molecule has 0 atom stereocenters. The minimum atomic E-state index is -0.421. The van der Waals surface area contributed by atoms with E-state index in [1.54, 1.807) is 6.07 Å². The highest BCUT2D eigenvalue weighted by Crippen LogP contribution is 2.15. The molecule has 0 aliphatic rings. The second kappa shape index (κ2) is 4.71. The third kappa shape index (κ3) is 2.38. The van der Waals surface area contributed by atoms with Gasteiger partial charge in [-0.1, -0.05) is 0 Å². The summed E-state index contributed by atoms with van der Waals surface area (Å²) in [7, 11) is 0. The Morgan fingerprint density at radius 2 is 2.33 bits per heavy atom. The molecule has 1 aromatic heterocycles. The van der Waals surface area contributed by atoms with Crippen LogP contribution in [0.1, 0.15) is 12.0 Å². The first-order valence-corrected chi connectivity index (χ1v) is 4.73. The topological polar surface area (TPSA) is 33.1 Å². The number of aromatic nitrogens is 1. The van der Waals surface area contributed by atoms with Gasteiger partial charge in [0.1, 0.15) is 0 Å². The lowest BCUT2D eigenvalue weighted by Crippen LogP contribution is -1.98. The van der Waals surface area contributed by atoms with Crippen molar-refractivity contribution in [1.82, 2.24) is 4.98 Å². The van der Waals surface area contributed by atoms with Crippen LogP contribution < -0.4 is 0 Å². The predicted octanol–water partition coefficient (Wildman–Crippen LogP) is 1.75. The van der Waals surface area contributed by atoms with Crippen LogP contribution in [0.4, 0.5) is 4.39 Å². The fourth-order valence-electron chi connectivity index (χ4n) is 0.924. The normalized spacial score (nSPS) is 10.2. The van der Waals surface area contributed by atoms with Crippen molar-refractivity contribution in [3.05, 3.63) is 27.3 Å². The molecule has 12 heavy (non-hydrogen) atoms. The maximum absolute atomic E-state index is 13.0. The summed E-state index contributed by atoms with van der Waals surface area (Å²) in [6, 6.07) is 1.76. The summed E-state index contributed by atoms with van der Waals surface area (Å²) in [6.07, 6.45) is 2.58. The van der Waals surface area contributed by atoms with Crippen LogP contribution in [0.5, 0.6) is 0 Å². The van der Waals surface area contributed by atoms with Gasteiger partial charge in [-0.05, 0) is 41.5 Å². The first-order chi connectivity index (χ1) is 5.75. The fourth-order valence-corrected chi connectivity index (χ4v) is 1.58. The summed E-state index contributed by atoms with van der Waals surface area (Å²) in [5, 5.41) is 8.56. The predicted molar refractivity (Wildman–Crippen MR) is 52.3 cm³/mol. The Bertz CT molecular complexity index is 247. The largest absolute Gasteiger partial charge is 0.396 e. The Morgan fingerprint density at radius 1 is 1.58 bits per heavy atom. The average Bonchev–Trinajstić information content (AvgIpc) is 2.04. The minimum absolute atomic E-state index is 0.0877. The van der Waals surface area contributed by atoms with E-state index in [-0.39, 0.29) is 6.61 Å². The van der Waals surface area contributed by atoms with E-state index in [1.807, 2.05) is 0 Å². The Morgan fingerprint density at radius 3 is 2.92 bits per heavy atom. The summed E-state index contributed by atoms with van der Waals surface area (Å²) < 4.78 is 13.8. The minimum Gasteiger partial charge on any atom is -0.396 e. The molecule has 2 nitrogen and oxygen atoms in total. The molecule has 0 amide bonds. The molecule has 4 heteroatoms. The van der Waals surface area contributed by atoms with Gasteiger partial charge in [0.2, 0.25) is 5.95 Å². The third-order valence-electron chi connectivity index (χ3n) is 1.53. The van der Waals surface area contributed by atoms with Crippen LogP contribution >= 0.6 is 22.6 Å². The number of halogens is 2. The summed E-state index contributed by atoms with van der Waals surface area (Å²) in [5.74, 6) is -0.421. The molecule has 1 aromatic rings. The summed E-state index contributed by atoms with van der Waals surface area (Å²) >= 11 is 2.06. The lowest BCUT2D eigenvalue weighted by atomic mass is 10.1. The van der Waals surface area contributed by atoms with Crippen molar-refractivity contribution in [2.75, 3.05) is 6.61 Å². The number of hydrogen-bond donors (Lipinski definition) is 1. The molecule has 0 saturated carbocycles. The highest BCUT2D eigenvalue weighted by Gasteiger charge is 2.06. The van der Waals surface area contributed by atoms with Gasteiger partial charge in [-0.3, -0.25) is 0 Å². The van der Waals surface area contributed by atoms with Crippen molar-refractivity contribution in [3.63, 3.8) is 0 Å². The molecule has 0 spiro atoms. The van der Waals surface area contributed by atoms with Gasteiger partial charge in [0.15, 0.2) is 0 Å². The van der Waals surface area contributed by atoms with Crippen molar-refractivity contribution in [3.8, 4) is 0 Å². The summed E-state index contributed by atoms with van der Waals surface area (Å²) in [4.78, 5) is 3.54. The molecule has 0 aliphatic carbocycles. The van der Waals surface area contributed by atoms with Gasteiger partial charge >= 0.3 is 0 Å². The Labute approximate surface area is 84.0 Å². The van der Waals surface area contributed by atoms with E-state index in [0.29, 0.717) is 18.4 Å². The first kappa shape index (κ1) is 9.85. The lowest BCUT2D eigenvalue weighted by molar-refractivity contribution is 0.287. The standard InChI is InChI=1S/C8H9FINO/c9-8-6(2-1-5-12)7(10)3-4-11-8/h3-4,12H,1-2,5H2. The molecular formula is C8H9FINO. The zero-order chi connectivity index (χ0) is 8.97. The molecule has 0 bridgehead atoms. The van der Waals surface area contributed by atoms with E-state index >= 15 is 0 Å². The molecule has 1 N–H and O–H groups in total. The zero-order valence-corrected chi connectivity index (χ0v) is 8.58. The van der Waals surface area contributed by atoms with Crippen LogP contribution in [0.3, 0.4) is 0 Å². The molecule has 0 aliphatic heterocycles. The Balaban J connectivity index is 2.81. The van der Waals surface area contributed by atoms with Crippen LogP contribution in [0, 0.1) is 9.52 Å². The average molecular weight is 281 g/mol. The Hall–Kier alpha value is -0.230. The maximum atomic E-state index is 13.0. The van der Waals surface area contributed by atoms with Gasteiger partial charge in [-0.15, -0.1) is 0 Å². The lowest BCUT2D eigenvalue weighted by Gasteiger charge is -2.02. The first-order valence-electron chi connectivity index (χ1n) is 3.65. The van der Waals surface area contributed by atoms with Crippen LogP contribution in [-0.2, 0) is 6.42 Å².